The minimum Gasteiger partial charge on any atom is -0.274 e. The van der Waals surface area contributed by atoms with E-state index >= 15 is 0 Å². The second-order valence-electron chi connectivity index (χ2n) is 6.38. The Morgan fingerprint density at radius 3 is 1.68 bits per heavy atom. The summed E-state index contributed by atoms with van der Waals surface area (Å²) in [5.74, 6) is -0.320. The summed E-state index contributed by atoms with van der Waals surface area (Å²) in [5.41, 5.74) is 1.01. The zero-order chi connectivity index (χ0) is 18.3. The number of fused-ring (bicyclic) bond motifs is 1. The van der Waals surface area contributed by atoms with Crippen molar-refractivity contribution < 1.29 is 18.0 Å². The molecule has 1 aromatic carbocycles. The molecule has 0 bridgehead atoms. The predicted molar refractivity (Wildman–Crippen MR) is 98.4 cm³/mol. The lowest BCUT2D eigenvalue weighted by molar-refractivity contribution is 0.0651. The minimum atomic E-state index is -3.35. The number of unbranched alkanes of at least 4 members (excludes halogenated alkanes) is 7. The molecule has 2 amide bonds. The molecule has 0 spiro atoms. The lowest BCUT2D eigenvalue weighted by Gasteiger charge is -2.13. The summed E-state index contributed by atoms with van der Waals surface area (Å²) in [6.07, 6.45) is 7.48. The molecular weight excluding hydrogens is 362 g/mol. The summed E-state index contributed by atoms with van der Waals surface area (Å²) in [7, 11) is 1.80. The first kappa shape index (κ1) is 19.9. The maximum Gasteiger partial charge on any atom is 0.261 e. The number of hydrogen-bond donors (Lipinski definition) is 0. The molecule has 0 atom stereocenters. The highest BCUT2D eigenvalue weighted by Crippen LogP contribution is 2.23. The molecular formula is C18H24ClNO4S. The van der Waals surface area contributed by atoms with Gasteiger partial charge in [-0.3, -0.25) is 14.5 Å². The Morgan fingerprint density at radius 2 is 1.20 bits per heavy atom. The third kappa shape index (κ3) is 6.12. The highest BCUT2D eigenvalue weighted by Gasteiger charge is 2.34. The topological polar surface area (TPSA) is 71.5 Å². The van der Waals surface area contributed by atoms with Gasteiger partial charge in [0.05, 0.1) is 16.9 Å². The monoisotopic (exact) mass is 385 g/mol. The van der Waals surface area contributed by atoms with Crippen molar-refractivity contribution >= 4 is 31.5 Å². The zero-order valence-electron chi connectivity index (χ0n) is 14.2. The quantitative estimate of drug-likeness (QED) is 0.328. The van der Waals surface area contributed by atoms with Gasteiger partial charge in [0, 0.05) is 17.2 Å². The lowest BCUT2D eigenvalue weighted by atomic mass is 10.1. The highest BCUT2D eigenvalue weighted by atomic mass is 35.7. The van der Waals surface area contributed by atoms with Gasteiger partial charge in [0.2, 0.25) is 9.05 Å². The summed E-state index contributed by atoms with van der Waals surface area (Å²) >= 11 is 0. The summed E-state index contributed by atoms with van der Waals surface area (Å²) in [6, 6.07) is 6.95. The summed E-state index contributed by atoms with van der Waals surface area (Å²) in [6.45, 7) is 0.472. The van der Waals surface area contributed by atoms with Crippen molar-refractivity contribution in [3.8, 4) is 0 Å². The molecule has 0 aromatic heterocycles. The van der Waals surface area contributed by atoms with Gasteiger partial charge in [0.25, 0.3) is 11.8 Å². The molecule has 7 heteroatoms. The van der Waals surface area contributed by atoms with Gasteiger partial charge in [-0.1, -0.05) is 50.7 Å². The standard InChI is InChI=1S/C18H24ClNO4S/c19-25(23,24)14-10-6-4-2-1-3-5-9-13-20-17(21)15-11-7-8-12-16(15)18(20)22/h7-8,11-12H,1-6,9-10,13-14H2. The third-order valence-electron chi connectivity index (χ3n) is 4.40. The second kappa shape index (κ2) is 9.34. The van der Waals surface area contributed by atoms with E-state index in [0.717, 1.165) is 44.9 Å². The first-order valence-corrected chi connectivity index (χ1v) is 11.3. The fourth-order valence-corrected chi connectivity index (χ4v) is 3.92. The number of carbonyl (C=O) groups excluding carboxylic acids is 2. The smallest absolute Gasteiger partial charge is 0.261 e. The highest BCUT2D eigenvalue weighted by molar-refractivity contribution is 8.13. The Morgan fingerprint density at radius 1 is 0.760 bits per heavy atom. The van der Waals surface area contributed by atoms with E-state index in [0.29, 0.717) is 24.1 Å². The molecule has 25 heavy (non-hydrogen) atoms. The second-order valence-corrected chi connectivity index (χ2v) is 9.28. The van der Waals surface area contributed by atoms with Crippen molar-refractivity contribution in [2.45, 2.75) is 51.4 Å². The van der Waals surface area contributed by atoms with Crippen LogP contribution in [0.5, 0.6) is 0 Å². The molecule has 0 saturated heterocycles. The van der Waals surface area contributed by atoms with E-state index in [4.69, 9.17) is 10.7 Å². The van der Waals surface area contributed by atoms with E-state index in [1.165, 1.54) is 4.90 Å². The number of carbonyl (C=O) groups is 2. The first-order chi connectivity index (χ1) is 11.9. The maximum absolute atomic E-state index is 12.2. The van der Waals surface area contributed by atoms with E-state index in [2.05, 4.69) is 0 Å². The summed E-state index contributed by atoms with van der Waals surface area (Å²) < 4.78 is 21.6. The molecule has 138 valence electrons. The van der Waals surface area contributed by atoms with Crippen molar-refractivity contribution in [1.82, 2.24) is 4.90 Å². The van der Waals surface area contributed by atoms with Gasteiger partial charge in [-0.05, 0) is 25.0 Å². The van der Waals surface area contributed by atoms with Crippen LogP contribution in [0.3, 0.4) is 0 Å². The Labute approximate surface area is 153 Å². The molecule has 1 aliphatic heterocycles. The predicted octanol–water partition coefficient (Wildman–Crippen LogP) is 3.97. The number of nitrogens with zero attached hydrogens (tertiary/aromatic N) is 1. The van der Waals surface area contributed by atoms with E-state index in [1.807, 2.05) is 0 Å². The molecule has 2 rings (SSSR count). The maximum atomic E-state index is 12.2. The van der Waals surface area contributed by atoms with Gasteiger partial charge >= 0.3 is 0 Å². The number of amides is 2. The fraction of sp³-hybridized carbons (Fsp3) is 0.556. The molecule has 0 N–H and O–H groups in total. The van der Waals surface area contributed by atoms with E-state index in [-0.39, 0.29) is 17.6 Å². The van der Waals surface area contributed by atoms with Gasteiger partial charge in [-0.25, -0.2) is 8.42 Å². The largest absolute Gasteiger partial charge is 0.274 e. The summed E-state index contributed by atoms with van der Waals surface area (Å²) in [5, 5.41) is 0. The van der Waals surface area contributed by atoms with Crippen LogP contribution in [0.15, 0.2) is 24.3 Å². The number of rotatable bonds is 11. The minimum absolute atomic E-state index is 0.0504. The Hall–Kier alpha value is -1.40. The van der Waals surface area contributed by atoms with Gasteiger partial charge in [0.1, 0.15) is 0 Å². The molecule has 1 aromatic rings. The van der Waals surface area contributed by atoms with E-state index in [9.17, 15) is 18.0 Å². The van der Waals surface area contributed by atoms with Crippen molar-refractivity contribution in [3.05, 3.63) is 35.4 Å². The molecule has 1 heterocycles. The van der Waals surface area contributed by atoms with Crippen molar-refractivity contribution in [1.29, 1.82) is 0 Å². The van der Waals surface area contributed by atoms with Gasteiger partial charge < -0.3 is 0 Å². The van der Waals surface area contributed by atoms with Gasteiger partial charge in [-0.15, -0.1) is 0 Å². The van der Waals surface area contributed by atoms with Crippen LogP contribution in [0.4, 0.5) is 0 Å². The molecule has 0 fully saturated rings. The van der Waals surface area contributed by atoms with Crippen LogP contribution in [0, 0.1) is 0 Å². The zero-order valence-corrected chi connectivity index (χ0v) is 15.8. The van der Waals surface area contributed by atoms with Crippen molar-refractivity contribution in [3.63, 3.8) is 0 Å². The first-order valence-electron chi connectivity index (χ1n) is 8.78. The van der Waals surface area contributed by atoms with Crippen LogP contribution in [0.2, 0.25) is 0 Å². The fourth-order valence-electron chi connectivity index (χ4n) is 3.05. The average Bonchev–Trinajstić information content (AvgIpc) is 2.80. The third-order valence-corrected chi connectivity index (χ3v) is 5.64. The number of benzene rings is 1. The Bertz CT molecular complexity index is 683. The molecule has 1 aliphatic rings. The van der Waals surface area contributed by atoms with E-state index < -0.39 is 9.05 Å². The lowest BCUT2D eigenvalue weighted by Crippen LogP contribution is -2.30. The van der Waals surface area contributed by atoms with E-state index in [1.54, 1.807) is 24.3 Å². The van der Waals surface area contributed by atoms with Crippen molar-refractivity contribution in [2.24, 2.45) is 0 Å². The molecule has 0 saturated carbocycles. The molecule has 0 unspecified atom stereocenters. The molecule has 0 aliphatic carbocycles. The van der Waals surface area contributed by atoms with Crippen LogP contribution < -0.4 is 0 Å². The van der Waals surface area contributed by atoms with Crippen molar-refractivity contribution in [2.75, 3.05) is 12.3 Å². The van der Waals surface area contributed by atoms with Crippen LogP contribution >= 0.6 is 10.7 Å². The van der Waals surface area contributed by atoms with Crippen LogP contribution in [-0.2, 0) is 9.05 Å². The summed E-state index contributed by atoms with van der Waals surface area (Å²) in [4.78, 5) is 25.7. The Kier molecular flexibility index (Phi) is 7.44. The number of imide groups is 1. The van der Waals surface area contributed by atoms with Gasteiger partial charge in [0.15, 0.2) is 0 Å². The normalized spacial score (nSPS) is 14.2. The average molecular weight is 386 g/mol. The molecule has 0 radical (unpaired) electrons. The van der Waals surface area contributed by atoms with Gasteiger partial charge in [-0.2, -0.15) is 0 Å². The van der Waals surface area contributed by atoms with Crippen LogP contribution in [0.1, 0.15) is 72.1 Å². The Balaban J connectivity index is 1.54. The van der Waals surface area contributed by atoms with Crippen LogP contribution in [0.25, 0.3) is 0 Å². The van der Waals surface area contributed by atoms with Crippen LogP contribution in [-0.4, -0.2) is 37.4 Å². The number of hydrogen-bond acceptors (Lipinski definition) is 4. The SMILES string of the molecule is O=C1c2ccccc2C(=O)N1CCCCCCCCCCS(=O)(=O)Cl. The number of halogens is 1. The molecule has 5 nitrogen and oxygen atoms in total.